The zero-order chi connectivity index (χ0) is 25.8. The maximum Gasteiger partial charge on any atom is 0.289 e. The van der Waals surface area contributed by atoms with Crippen LogP contribution in [0.3, 0.4) is 0 Å². The number of likely N-dealkylation sites (N-methyl/N-ethyl adjacent to an activating group) is 1. The van der Waals surface area contributed by atoms with Crippen molar-refractivity contribution < 1.29 is 19.5 Å². The second-order valence-corrected chi connectivity index (χ2v) is 9.78. The van der Waals surface area contributed by atoms with E-state index in [-0.39, 0.29) is 24.6 Å². The number of aliphatic hydroxyl groups excluding tert-OH is 1. The maximum absolute atomic E-state index is 12.9. The highest BCUT2D eigenvalue weighted by atomic mass is 35.5. The minimum absolute atomic E-state index is 0.0206. The molecule has 3 amide bonds. The van der Waals surface area contributed by atoms with Gasteiger partial charge >= 0.3 is 0 Å². The molecule has 0 bridgehead atoms. The third-order valence-corrected chi connectivity index (χ3v) is 7.24. The van der Waals surface area contributed by atoms with Gasteiger partial charge in [-0.1, -0.05) is 47.5 Å². The highest BCUT2D eigenvalue weighted by Gasteiger charge is 2.35. The molecule has 1 fully saturated rings. The standard InChI is InChI=1S/C26H28Cl2N4O4/c1-29(16-18-7-8-21(27)22(28)15-18)25(35)20-17-32(26(36)23(20)33)14-11-30-9-12-31(13-10-30)24(34)19-5-3-2-4-6-19/h2-8,15,33H,9-14,16-17H2,1H3. The Balaban J connectivity index is 1.26. The minimum Gasteiger partial charge on any atom is -0.503 e. The van der Waals surface area contributed by atoms with Crippen LogP contribution in [-0.4, -0.2) is 95.3 Å². The van der Waals surface area contributed by atoms with Gasteiger partial charge in [0.25, 0.3) is 17.7 Å². The van der Waals surface area contributed by atoms with Gasteiger partial charge in [0, 0.05) is 58.4 Å². The number of halogens is 2. The summed E-state index contributed by atoms with van der Waals surface area (Å²) in [6, 6.07) is 14.3. The van der Waals surface area contributed by atoms with Crippen molar-refractivity contribution in [2.45, 2.75) is 6.54 Å². The fraction of sp³-hybridized carbons (Fsp3) is 0.346. The van der Waals surface area contributed by atoms with Gasteiger partial charge in [0.2, 0.25) is 0 Å². The van der Waals surface area contributed by atoms with Crippen molar-refractivity contribution in [1.82, 2.24) is 19.6 Å². The van der Waals surface area contributed by atoms with Gasteiger partial charge < -0.3 is 19.8 Å². The quantitative estimate of drug-likeness (QED) is 0.594. The molecule has 1 saturated heterocycles. The van der Waals surface area contributed by atoms with E-state index < -0.39 is 17.6 Å². The molecule has 0 aromatic heterocycles. The summed E-state index contributed by atoms with van der Waals surface area (Å²) in [6.07, 6.45) is 0. The number of hydrogen-bond donors (Lipinski definition) is 1. The van der Waals surface area contributed by atoms with Crippen LogP contribution in [0.15, 0.2) is 59.9 Å². The molecule has 2 aliphatic rings. The van der Waals surface area contributed by atoms with E-state index in [1.807, 2.05) is 35.2 Å². The van der Waals surface area contributed by atoms with Crippen LogP contribution in [0.1, 0.15) is 15.9 Å². The van der Waals surface area contributed by atoms with Crippen LogP contribution in [0.25, 0.3) is 0 Å². The van der Waals surface area contributed by atoms with E-state index in [2.05, 4.69) is 4.90 Å². The fourth-order valence-corrected chi connectivity index (χ4v) is 4.70. The number of hydrogen-bond acceptors (Lipinski definition) is 5. The zero-order valence-electron chi connectivity index (χ0n) is 20.0. The molecular weight excluding hydrogens is 503 g/mol. The van der Waals surface area contributed by atoms with Crippen LogP contribution in [0, 0.1) is 0 Å². The molecule has 10 heteroatoms. The number of nitrogens with zero attached hydrogens (tertiary/aromatic N) is 4. The predicted octanol–water partition coefficient (Wildman–Crippen LogP) is 3.06. The lowest BCUT2D eigenvalue weighted by Gasteiger charge is -2.35. The summed E-state index contributed by atoms with van der Waals surface area (Å²) < 4.78 is 0. The van der Waals surface area contributed by atoms with Crippen LogP contribution < -0.4 is 0 Å². The van der Waals surface area contributed by atoms with Crippen LogP contribution >= 0.6 is 23.2 Å². The van der Waals surface area contributed by atoms with Crippen molar-refractivity contribution >= 4 is 40.9 Å². The SMILES string of the molecule is CN(Cc1ccc(Cl)c(Cl)c1)C(=O)C1=C(O)C(=O)N(CCN2CCN(C(=O)c3ccccc3)CC2)C1. The molecule has 0 unspecified atom stereocenters. The van der Waals surface area contributed by atoms with Crippen molar-refractivity contribution in [1.29, 1.82) is 0 Å². The molecule has 2 aromatic rings. The Labute approximate surface area is 220 Å². The van der Waals surface area contributed by atoms with Crippen LogP contribution in [0.5, 0.6) is 0 Å². The molecule has 8 nitrogen and oxygen atoms in total. The number of rotatable bonds is 7. The van der Waals surface area contributed by atoms with Crippen molar-refractivity contribution in [2.75, 3.05) is 52.9 Å². The normalized spacial score (nSPS) is 16.6. The molecule has 0 atom stereocenters. The lowest BCUT2D eigenvalue weighted by molar-refractivity contribution is -0.128. The summed E-state index contributed by atoms with van der Waals surface area (Å²) in [6.45, 7) is 3.88. The molecule has 2 aromatic carbocycles. The monoisotopic (exact) mass is 530 g/mol. The number of piperazine rings is 1. The lowest BCUT2D eigenvalue weighted by atomic mass is 10.2. The van der Waals surface area contributed by atoms with Gasteiger partial charge in [-0.2, -0.15) is 0 Å². The Hall–Kier alpha value is -3.07. The predicted molar refractivity (Wildman–Crippen MR) is 138 cm³/mol. The number of carbonyl (C=O) groups excluding carboxylic acids is 3. The Bertz CT molecular complexity index is 1180. The molecule has 0 radical (unpaired) electrons. The molecule has 36 heavy (non-hydrogen) atoms. The van der Waals surface area contributed by atoms with E-state index in [0.717, 1.165) is 5.56 Å². The van der Waals surface area contributed by atoms with Gasteiger partial charge in [-0.05, 0) is 29.8 Å². The number of aliphatic hydroxyl groups is 1. The topological polar surface area (TPSA) is 84.4 Å². The zero-order valence-corrected chi connectivity index (χ0v) is 21.5. The van der Waals surface area contributed by atoms with Gasteiger partial charge in [-0.15, -0.1) is 0 Å². The number of carbonyl (C=O) groups is 3. The Kier molecular flexibility index (Phi) is 8.18. The summed E-state index contributed by atoms with van der Waals surface area (Å²) in [4.78, 5) is 45.1. The van der Waals surface area contributed by atoms with Crippen molar-refractivity contribution in [3.8, 4) is 0 Å². The average Bonchev–Trinajstić information content (AvgIpc) is 3.18. The molecule has 0 aliphatic carbocycles. The third-order valence-electron chi connectivity index (χ3n) is 6.50. The van der Waals surface area contributed by atoms with Gasteiger partial charge in [0.05, 0.1) is 22.2 Å². The molecule has 4 rings (SSSR count). The van der Waals surface area contributed by atoms with E-state index in [4.69, 9.17) is 23.2 Å². The molecule has 2 heterocycles. The third kappa shape index (κ3) is 5.83. The molecule has 1 N–H and O–H groups in total. The number of amides is 3. The summed E-state index contributed by atoms with van der Waals surface area (Å²) in [5, 5.41) is 11.2. The second-order valence-electron chi connectivity index (χ2n) is 8.96. The average molecular weight is 531 g/mol. The summed E-state index contributed by atoms with van der Waals surface area (Å²) in [7, 11) is 1.61. The highest BCUT2D eigenvalue weighted by molar-refractivity contribution is 6.42. The summed E-state index contributed by atoms with van der Waals surface area (Å²) in [5.74, 6) is -1.44. The molecular formula is C26H28Cl2N4O4. The first-order chi connectivity index (χ1) is 17.2. The summed E-state index contributed by atoms with van der Waals surface area (Å²) >= 11 is 12.0. The number of benzene rings is 2. The van der Waals surface area contributed by atoms with E-state index in [1.165, 1.54) is 9.80 Å². The Morgan fingerprint density at radius 2 is 1.67 bits per heavy atom. The van der Waals surface area contributed by atoms with Gasteiger partial charge in [-0.3, -0.25) is 19.3 Å². The highest BCUT2D eigenvalue weighted by Crippen LogP contribution is 2.24. The van der Waals surface area contributed by atoms with E-state index in [0.29, 0.717) is 54.9 Å². The van der Waals surface area contributed by atoms with Gasteiger partial charge in [0.15, 0.2) is 5.76 Å². The molecule has 0 spiro atoms. The minimum atomic E-state index is -0.542. The first kappa shape index (κ1) is 26.0. The van der Waals surface area contributed by atoms with Crippen molar-refractivity contribution in [3.05, 3.63) is 81.0 Å². The molecule has 190 valence electrons. The second kappa shape index (κ2) is 11.3. The van der Waals surface area contributed by atoms with E-state index >= 15 is 0 Å². The van der Waals surface area contributed by atoms with Crippen LogP contribution in [0.2, 0.25) is 10.0 Å². The Morgan fingerprint density at radius 1 is 0.972 bits per heavy atom. The van der Waals surface area contributed by atoms with Crippen molar-refractivity contribution in [2.24, 2.45) is 0 Å². The molecule has 0 saturated carbocycles. The lowest BCUT2D eigenvalue weighted by Crippen LogP contribution is -2.50. The molecule has 2 aliphatic heterocycles. The van der Waals surface area contributed by atoms with Crippen LogP contribution in [0.4, 0.5) is 0 Å². The first-order valence-electron chi connectivity index (χ1n) is 11.7. The fourth-order valence-electron chi connectivity index (χ4n) is 4.38. The first-order valence-corrected chi connectivity index (χ1v) is 12.5. The van der Waals surface area contributed by atoms with Crippen LogP contribution in [-0.2, 0) is 16.1 Å². The van der Waals surface area contributed by atoms with E-state index in [1.54, 1.807) is 25.2 Å². The maximum atomic E-state index is 12.9. The van der Waals surface area contributed by atoms with E-state index in [9.17, 15) is 19.5 Å². The largest absolute Gasteiger partial charge is 0.503 e. The smallest absolute Gasteiger partial charge is 0.289 e. The Morgan fingerprint density at radius 3 is 2.33 bits per heavy atom. The van der Waals surface area contributed by atoms with Gasteiger partial charge in [0.1, 0.15) is 0 Å². The van der Waals surface area contributed by atoms with Gasteiger partial charge in [-0.25, -0.2) is 0 Å². The van der Waals surface area contributed by atoms with Crippen molar-refractivity contribution in [3.63, 3.8) is 0 Å². The summed E-state index contributed by atoms with van der Waals surface area (Å²) in [5.41, 5.74) is 1.55.